The number of hydrogen-bond acceptors (Lipinski definition) is 5. The maximum atomic E-state index is 10.7. The molecule has 8 heteroatoms. The normalized spacial score (nSPS) is 10.6. The van der Waals surface area contributed by atoms with Gasteiger partial charge in [0.15, 0.2) is 6.61 Å². The summed E-state index contributed by atoms with van der Waals surface area (Å²) in [4.78, 5) is 15.2. The molecule has 0 saturated carbocycles. The first-order valence-electron chi connectivity index (χ1n) is 6.23. The second-order valence-corrected chi connectivity index (χ2v) is 5.88. The molecule has 0 saturated heterocycles. The Hall–Kier alpha value is -1.73. The van der Waals surface area contributed by atoms with Crippen LogP contribution in [-0.2, 0) is 13.7 Å². The zero-order valence-electron chi connectivity index (χ0n) is 11.6. The number of ether oxygens (including phenoxy) is 1. The quantitative estimate of drug-likeness (QED) is 0.460. The van der Waals surface area contributed by atoms with E-state index in [1.54, 1.807) is 24.9 Å². The van der Waals surface area contributed by atoms with Gasteiger partial charge in [0.2, 0.25) is 5.82 Å². The van der Waals surface area contributed by atoms with Gasteiger partial charge in [-0.15, -0.1) is 11.8 Å². The Morgan fingerprint density at radius 2 is 2.29 bits per heavy atom. The lowest BCUT2D eigenvalue weighted by molar-refractivity contribution is -0.391. The molecule has 0 spiro atoms. The van der Waals surface area contributed by atoms with Crippen molar-refractivity contribution in [3.8, 4) is 5.75 Å². The Morgan fingerprint density at radius 1 is 1.52 bits per heavy atom. The van der Waals surface area contributed by atoms with E-state index in [0.717, 1.165) is 10.6 Å². The molecular weight excluding hydrogens is 314 g/mol. The number of nitro groups is 1. The first-order valence-corrected chi connectivity index (χ1v) is 7.59. The van der Waals surface area contributed by atoms with Crippen LogP contribution < -0.4 is 4.74 Å². The molecule has 0 aliphatic rings. The molecule has 0 amide bonds. The maximum Gasteiger partial charge on any atom is 0.342 e. The molecule has 2 aromatic rings. The van der Waals surface area contributed by atoms with Crippen LogP contribution in [0, 0.1) is 10.1 Å². The highest BCUT2D eigenvalue weighted by atomic mass is 35.5. The van der Waals surface area contributed by atoms with Crippen LogP contribution in [0.15, 0.2) is 29.3 Å². The third-order valence-corrected chi connectivity index (χ3v) is 4.20. The average molecular weight is 328 g/mol. The number of aromatic nitrogens is 2. The van der Waals surface area contributed by atoms with Crippen molar-refractivity contribution in [3.05, 3.63) is 45.4 Å². The molecule has 21 heavy (non-hydrogen) atoms. The molecule has 1 heterocycles. The Balaban J connectivity index is 2.06. The number of halogens is 1. The van der Waals surface area contributed by atoms with Crippen LogP contribution in [0.4, 0.5) is 5.82 Å². The summed E-state index contributed by atoms with van der Waals surface area (Å²) in [6.45, 7) is 2.19. The van der Waals surface area contributed by atoms with Gasteiger partial charge in [-0.25, -0.2) is 9.55 Å². The average Bonchev–Trinajstić information content (AvgIpc) is 2.81. The second-order valence-electron chi connectivity index (χ2n) is 4.16. The molecule has 0 bridgehead atoms. The van der Waals surface area contributed by atoms with E-state index in [9.17, 15) is 10.1 Å². The van der Waals surface area contributed by atoms with Crippen LogP contribution in [0.1, 0.15) is 12.7 Å². The first kappa shape index (κ1) is 15.7. The summed E-state index contributed by atoms with van der Waals surface area (Å²) in [5, 5.41) is 11.4. The molecule has 0 atom stereocenters. The van der Waals surface area contributed by atoms with E-state index in [1.807, 2.05) is 12.1 Å². The smallest absolute Gasteiger partial charge is 0.342 e. The van der Waals surface area contributed by atoms with Crippen molar-refractivity contribution in [2.45, 2.75) is 18.4 Å². The summed E-state index contributed by atoms with van der Waals surface area (Å²) < 4.78 is 6.97. The second kappa shape index (κ2) is 6.82. The molecule has 6 nitrogen and oxygen atoms in total. The Bertz CT molecular complexity index is 660. The van der Waals surface area contributed by atoms with Crippen LogP contribution in [-0.4, -0.2) is 20.2 Å². The Labute approximate surface area is 131 Å². The summed E-state index contributed by atoms with van der Waals surface area (Å²) in [6, 6.07) is 5.45. The van der Waals surface area contributed by atoms with E-state index < -0.39 is 4.92 Å². The lowest BCUT2D eigenvalue weighted by Gasteiger charge is -2.07. The monoisotopic (exact) mass is 327 g/mol. The lowest BCUT2D eigenvalue weighted by atomic mass is 10.3. The van der Waals surface area contributed by atoms with Crippen LogP contribution in [0.3, 0.4) is 0 Å². The van der Waals surface area contributed by atoms with Gasteiger partial charge in [0.05, 0.1) is 12.1 Å². The zero-order chi connectivity index (χ0) is 15.4. The number of benzene rings is 1. The van der Waals surface area contributed by atoms with Crippen molar-refractivity contribution in [2.24, 2.45) is 7.05 Å². The van der Waals surface area contributed by atoms with Gasteiger partial charge >= 0.3 is 5.82 Å². The van der Waals surface area contributed by atoms with Gasteiger partial charge in [0, 0.05) is 4.90 Å². The minimum Gasteiger partial charge on any atom is -0.483 e. The molecule has 2 rings (SSSR count). The van der Waals surface area contributed by atoms with Crippen molar-refractivity contribution in [1.82, 2.24) is 9.55 Å². The fourth-order valence-electron chi connectivity index (χ4n) is 1.73. The van der Waals surface area contributed by atoms with Gasteiger partial charge in [0.1, 0.15) is 11.9 Å². The molecule has 0 N–H and O–H groups in total. The van der Waals surface area contributed by atoms with Crippen molar-refractivity contribution >= 4 is 29.2 Å². The SMILES string of the molecule is CCSc1ccc(OCc2ncc([N+](=O)[O-])n2C)cc1Cl. The Kier molecular flexibility index (Phi) is 5.08. The fourth-order valence-corrected chi connectivity index (χ4v) is 2.74. The lowest BCUT2D eigenvalue weighted by Crippen LogP contribution is -2.05. The Morgan fingerprint density at radius 3 is 2.86 bits per heavy atom. The number of nitrogens with zero attached hydrogens (tertiary/aromatic N) is 3. The highest BCUT2D eigenvalue weighted by Crippen LogP contribution is 2.30. The maximum absolute atomic E-state index is 10.7. The van der Waals surface area contributed by atoms with Crippen LogP contribution >= 0.6 is 23.4 Å². The summed E-state index contributed by atoms with van der Waals surface area (Å²) in [6.07, 6.45) is 1.21. The molecule has 0 aliphatic heterocycles. The molecule has 0 fully saturated rings. The summed E-state index contributed by atoms with van der Waals surface area (Å²) >= 11 is 7.81. The van der Waals surface area contributed by atoms with Gasteiger partial charge in [-0.3, -0.25) is 0 Å². The van der Waals surface area contributed by atoms with E-state index >= 15 is 0 Å². The van der Waals surface area contributed by atoms with E-state index in [1.165, 1.54) is 10.8 Å². The molecular formula is C13H14ClN3O3S. The number of imidazole rings is 1. The third kappa shape index (κ3) is 3.68. The standard InChI is InChI=1S/C13H14ClN3O3S/c1-3-21-11-5-4-9(6-10(11)14)20-8-12-15-7-13(16(12)2)17(18)19/h4-7H,3,8H2,1-2H3. The van der Waals surface area contributed by atoms with Gasteiger partial charge in [0.25, 0.3) is 0 Å². The number of thioether (sulfide) groups is 1. The number of rotatable bonds is 6. The first-order chi connectivity index (χ1) is 10.0. The highest BCUT2D eigenvalue weighted by Gasteiger charge is 2.16. The summed E-state index contributed by atoms with van der Waals surface area (Å²) in [5.41, 5.74) is 0. The molecule has 0 radical (unpaired) electrons. The minimum atomic E-state index is -0.482. The van der Waals surface area contributed by atoms with E-state index in [0.29, 0.717) is 16.6 Å². The van der Waals surface area contributed by atoms with Crippen molar-refractivity contribution < 1.29 is 9.66 Å². The third-order valence-electron chi connectivity index (χ3n) is 2.82. The minimum absolute atomic E-state index is 0.0682. The highest BCUT2D eigenvalue weighted by molar-refractivity contribution is 7.99. The fraction of sp³-hybridized carbons (Fsp3) is 0.308. The molecule has 0 unspecified atom stereocenters. The van der Waals surface area contributed by atoms with Gasteiger partial charge in [-0.2, -0.15) is 0 Å². The van der Waals surface area contributed by atoms with E-state index in [-0.39, 0.29) is 12.4 Å². The molecule has 0 aliphatic carbocycles. The predicted molar refractivity (Wildman–Crippen MR) is 82.0 cm³/mol. The topological polar surface area (TPSA) is 70.2 Å². The summed E-state index contributed by atoms with van der Waals surface area (Å²) in [5.74, 6) is 1.95. The van der Waals surface area contributed by atoms with E-state index in [2.05, 4.69) is 11.9 Å². The van der Waals surface area contributed by atoms with E-state index in [4.69, 9.17) is 16.3 Å². The van der Waals surface area contributed by atoms with Crippen molar-refractivity contribution in [2.75, 3.05) is 5.75 Å². The van der Waals surface area contributed by atoms with Gasteiger partial charge in [-0.05, 0) is 28.9 Å². The molecule has 112 valence electrons. The van der Waals surface area contributed by atoms with Gasteiger partial charge in [-0.1, -0.05) is 18.5 Å². The van der Waals surface area contributed by atoms with Crippen molar-refractivity contribution in [1.29, 1.82) is 0 Å². The summed E-state index contributed by atoms with van der Waals surface area (Å²) in [7, 11) is 1.58. The molecule has 1 aromatic carbocycles. The van der Waals surface area contributed by atoms with Crippen LogP contribution in [0.25, 0.3) is 0 Å². The largest absolute Gasteiger partial charge is 0.483 e. The zero-order valence-corrected chi connectivity index (χ0v) is 13.1. The predicted octanol–water partition coefficient (Wildman–Crippen LogP) is 3.67. The molecule has 1 aromatic heterocycles. The van der Waals surface area contributed by atoms with Gasteiger partial charge < -0.3 is 14.9 Å². The number of hydrogen-bond donors (Lipinski definition) is 0. The van der Waals surface area contributed by atoms with Crippen LogP contribution in [0.2, 0.25) is 5.02 Å². The van der Waals surface area contributed by atoms with Crippen molar-refractivity contribution in [3.63, 3.8) is 0 Å². The van der Waals surface area contributed by atoms with Crippen LogP contribution in [0.5, 0.6) is 5.75 Å².